The monoisotopic (exact) mass is 377 g/mol. The molecule has 0 radical (unpaired) electrons. The molecular weight excluding hydrogens is 354 g/mol. The van der Waals surface area contributed by atoms with Crippen molar-refractivity contribution >= 4 is 23.2 Å². The normalized spacial score (nSPS) is 45.6. The molecule has 146 valence electrons. The van der Waals surface area contributed by atoms with Crippen LogP contribution in [0.2, 0.25) is 0 Å². The van der Waals surface area contributed by atoms with E-state index in [4.69, 9.17) is 9.47 Å². The topological polar surface area (TPSA) is 122 Å². The van der Waals surface area contributed by atoms with E-state index in [-0.39, 0.29) is 41.6 Å². The van der Waals surface area contributed by atoms with Crippen LogP contribution in [0.25, 0.3) is 0 Å². The van der Waals surface area contributed by atoms with Crippen LogP contribution >= 0.6 is 0 Å². The Balaban J connectivity index is 1.95. The van der Waals surface area contributed by atoms with Crippen molar-refractivity contribution in [1.29, 1.82) is 0 Å². The van der Waals surface area contributed by atoms with Crippen LogP contribution < -0.4 is 0 Å². The summed E-state index contributed by atoms with van der Waals surface area (Å²) in [5.74, 6) is -3.32. The number of aliphatic hydroxyl groups excluding tert-OH is 1. The highest BCUT2D eigenvalue weighted by atomic mass is 16.6. The van der Waals surface area contributed by atoms with Gasteiger partial charge in [0.1, 0.15) is 23.6 Å². The molecule has 1 spiro atoms. The van der Waals surface area contributed by atoms with Gasteiger partial charge in [-0.2, -0.15) is 0 Å². The summed E-state index contributed by atoms with van der Waals surface area (Å²) < 4.78 is 11.6. The van der Waals surface area contributed by atoms with E-state index in [1.54, 1.807) is 13.8 Å². The summed E-state index contributed by atoms with van der Waals surface area (Å²) in [6.45, 7) is 5.24. The van der Waals surface area contributed by atoms with Gasteiger partial charge in [0.05, 0.1) is 11.6 Å². The van der Waals surface area contributed by atoms with E-state index >= 15 is 0 Å². The highest BCUT2D eigenvalue weighted by molar-refractivity contribution is 6.21. The molecule has 27 heavy (non-hydrogen) atoms. The third-order valence-corrected chi connectivity index (χ3v) is 6.50. The van der Waals surface area contributed by atoms with Crippen LogP contribution in [0.4, 0.5) is 0 Å². The van der Waals surface area contributed by atoms with Gasteiger partial charge in [0, 0.05) is 24.7 Å². The van der Waals surface area contributed by atoms with Gasteiger partial charge < -0.3 is 19.8 Å². The van der Waals surface area contributed by atoms with Gasteiger partial charge in [-0.25, -0.2) is 4.79 Å². The van der Waals surface area contributed by atoms with Gasteiger partial charge in [0.25, 0.3) is 0 Å². The first-order valence-electron chi connectivity index (χ1n) is 9.31. The van der Waals surface area contributed by atoms with Gasteiger partial charge in [0.15, 0.2) is 17.1 Å². The van der Waals surface area contributed by atoms with Crippen LogP contribution in [0.15, 0.2) is 16.5 Å². The molecule has 2 N–H and O–H groups in total. The average Bonchev–Trinajstić information content (AvgIpc) is 2.89. The van der Waals surface area contributed by atoms with Crippen molar-refractivity contribution in [3.05, 3.63) is 11.3 Å². The lowest BCUT2D eigenvalue weighted by Crippen LogP contribution is -2.66. The third kappa shape index (κ3) is 2.32. The summed E-state index contributed by atoms with van der Waals surface area (Å²) in [5, 5.41) is 23.8. The highest BCUT2D eigenvalue weighted by Crippen LogP contribution is 2.56. The molecule has 8 nitrogen and oxygen atoms in total. The summed E-state index contributed by atoms with van der Waals surface area (Å²) in [6, 6.07) is 0. The maximum Gasteiger partial charge on any atom is 0.346 e. The molecule has 3 fully saturated rings. The molecule has 0 unspecified atom stereocenters. The van der Waals surface area contributed by atoms with Crippen molar-refractivity contribution in [3.63, 3.8) is 0 Å². The van der Waals surface area contributed by atoms with Crippen LogP contribution in [-0.2, 0) is 23.9 Å². The minimum atomic E-state index is -1.41. The van der Waals surface area contributed by atoms with Crippen LogP contribution in [-0.4, -0.2) is 51.4 Å². The number of hydrogen-bond donors (Lipinski definition) is 2. The summed E-state index contributed by atoms with van der Waals surface area (Å²) in [6.07, 6.45) is -1.38. The Morgan fingerprint density at radius 2 is 1.85 bits per heavy atom. The molecule has 0 aromatic heterocycles. The predicted octanol–water partition coefficient (Wildman–Crippen LogP) is 0.986. The number of hydrogen-bond acceptors (Lipinski definition) is 8. The van der Waals surface area contributed by atoms with Crippen LogP contribution in [0.5, 0.6) is 0 Å². The standard InChI is InChI=1S/C19H23NO7/c1-7-4-8(2)14(22)12-17-19(27-18(12)24)6-9(3)16(26-17)15(23)13(19)10(20-25)5-11(7)21/h7-9,13,15-16,23,25H,4-6H2,1-3H3/b20-10+/t7-,8+,9+,13+,15+,16-,19+/m0/s1. The fourth-order valence-corrected chi connectivity index (χ4v) is 5.16. The van der Waals surface area contributed by atoms with Crippen molar-refractivity contribution in [3.8, 4) is 0 Å². The van der Waals surface area contributed by atoms with Crippen molar-refractivity contribution in [2.24, 2.45) is 28.8 Å². The molecule has 5 aliphatic rings. The van der Waals surface area contributed by atoms with Gasteiger partial charge in [-0.1, -0.05) is 25.9 Å². The van der Waals surface area contributed by atoms with Gasteiger partial charge >= 0.3 is 5.97 Å². The lowest BCUT2D eigenvalue weighted by molar-refractivity contribution is -0.216. The first-order valence-corrected chi connectivity index (χ1v) is 9.31. The SMILES string of the molecule is C[C@@H]1C[C@H](C)C(=O)C/C(=N\O)[C@@H]2[C@@H](O)[C@H]3OC4=C(C(=O)O[C@@]42C[C@H]3C)C1=O. The lowest BCUT2D eigenvalue weighted by atomic mass is 9.62. The van der Waals surface area contributed by atoms with E-state index in [1.807, 2.05) is 6.92 Å². The van der Waals surface area contributed by atoms with Crippen molar-refractivity contribution in [1.82, 2.24) is 0 Å². The number of ether oxygens (including phenoxy) is 2. The van der Waals surface area contributed by atoms with E-state index < -0.39 is 47.3 Å². The molecule has 0 aromatic rings. The maximum absolute atomic E-state index is 13.0. The molecule has 0 amide bonds. The van der Waals surface area contributed by atoms with Crippen LogP contribution in [0, 0.1) is 23.7 Å². The molecule has 0 aromatic carbocycles. The summed E-state index contributed by atoms with van der Waals surface area (Å²) in [7, 11) is 0. The summed E-state index contributed by atoms with van der Waals surface area (Å²) in [5.41, 5.74) is -1.48. The molecule has 7 atom stereocenters. The number of ketones is 2. The number of aliphatic hydroxyl groups is 1. The first-order chi connectivity index (χ1) is 12.7. The lowest BCUT2D eigenvalue weighted by Gasteiger charge is -2.54. The molecule has 5 rings (SSSR count). The Bertz CT molecular complexity index is 800. The smallest absolute Gasteiger partial charge is 0.346 e. The Kier molecular flexibility index (Phi) is 3.96. The zero-order valence-electron chi connectivity index (χ0n) is 15.5. The second-order valence-corrected chi connectivity index (χ2v) is 8.35. The fourth-order valence-electron chi connectivity index (χ4n) is 5.16. The molecule has 5 bridgehead atoms. The Morgan fingerprint density at radius 3 is 2.52 bits per heavy atom. The second-order valence-electron chi connectivity index (χ2n) is 8.35. The third-order valence-electron chi connectivity index (χ3n) is 6.50. The molecule has 3 heterocycles. The second kappa shape index (κ2) is 5.89. The molecular formula is C19H23NO7. The van der Waals surface area contributed by atoms with E-state index in [2.05, 4.69) is 5.16 Å². The highest BCUT2D eigenvalue weighted by Gasteiger charge is 2.69. The minimum absolute atomic E-state index is 0.0631. The Labute approximate surface area is 156 Å². The quantitative estimate of drug-likeness (QED) is 0.279. The van der Waals surface area contributed by atoms with E-state index in [9.17, 15) is 24.7 Å². The Morgan fingerprint density at radius 1 is 1.15 bits per heavy atom. The fraction of sp³-hybridized carbons (Fsp3) is 0.684. The average molecular weight is 377 g/mol. The number of carbonyl (C=O) groups is 3. The van der Waals surface area contributed by atoms with Crippen LogP contribution in [0.3, 0.4) is 0 Å². The molecule has 3 aliphatic heterocycles. The van der Waals surface area contributed by atoms with Crippen LogP contribution in [0.1, 0.15) is 40.0 Å². The van der Waals surface area contributed by atoms with Gasteiger partial charge in [-0.15, -0.1) is 0 Å². The van der Waals surface area contributed by atoms with Gasteiger partial charge in [-0.3, -0.25) is 9.59 Å². The van der Waals surface area contributed by atoms with Gasteiger partial charge in [0.2, 0.25) is 0 Å². The van der Waals surface area contributed by atoms with E-state index in [0.717, 1.165) is 0 Å². The minimum Gasteiger partial charge on any atom is -0.486 e. The maximum atomic E-state index is 13.0. The number of rotatable bonds is 0. The number of esters is 1. The number of fused-ring (bicyclic) bond motifs is 1. The summed E-state index contributed by atoms with van der Waals surface area (Å²) >= 11 is 0. The largest absolute Gasteiger partial charge is 0.486 e. The molecule has 2 saturated heterocycles. The first kappa shape index (κ1) is 18.2. The number of Topliss-reactive ketones (excluding diaryl/α,β-unsaturated/α-hetero) is 2. The van der Waals surface area contributed by atoms with Gasteiger partial charge in [-0.05, 0) is 12.3 Å². The summed E-state index contributed by atoms with van der Waals surface area (Å²) in [4.78, 5) is 38.3. The molecule has 8 heteroatoms. The zero-order chi connectivity index (χ0) is 19.7. The van der Waals surface area contributed by atoms with E-state index in [0.29, 0.717) is 6.42 Å². The molecule has 1 saturated carbocycles. The predicted molar refractivity (Wildman–Crippen MR) is 90.8 cm³/mol. The molecule has 2 aliphatic carbocycles. The Hall–Kier alpha value is -2.22. The number of carbonyl (C=O) groups excluding carboxylic acids is 3. The zero-order valence-corrected chi connectivity index (χ0v) is 15.5. The van der Waals surface area contributed by atoms with Crippen molar-refractivity contribution in [2.45, 2.75) is 57.8 Å². The van der Waals surface area contributed by atoms with Crippen molar-refractivity contribution in [2.75, 3.05) is 0 Å². The van der Waals surface area contributed by atoms with E-state index in [1.165, 1.54) is 0 Å². The van der Waals surface area contributed by atoms with Crippen molar-refractivity contribution < 1.29 is 34.2 Å². The number of oxime groups is 1. The number of nitrogens with zero attached hydrogens (tertiary/aromatic N) is 1.